The molecule has 0 aliphatic carbocycles. The average molecular weight is 285 g/mol. The van der Waals surface area contributed by atoms with Crippen LogP contribution in [0.2, 0.25) is 0 Å². The maximum absolute atomic E-state index is 4.53. The maximum Gasteiger partial charge on any atom is 0.0629 e. The topological polar surface area (TPSA) is 29.9 Å². The van der Waals surface area contributed by atoms with Gasteiger partial charge in [0.15, 0.2) is 0 Å². The van der Waals surface area contributed by atoms with Crippen LogP contribution in [-0.2, 0) is 19.9 Å². The molecule has 0 spiro atoms. The second-order valence-corrected chi connectivity index (χ2v) is 5.81. The van der Waals surface area contributed by atoms with Crippen LogP contribution in [-0.4, -0.2) is 16.8 Å². The van der Waals surface area contributed by atoms with Gasteiger partial charge in [0.05, 0.1) is 5.69 Å². The number of nitrogens with zero attached hydrogens (tertiary/aromatic N) is 2. The molecule has 3 nitrogen and oxygen atoms in total. The highest BCUT2D eigenvalue weighted by atomic mass is 15.3. The fourth-order valence-corrected chi connectivity index (χ4v) is 2.96. The molecule has 1 atom stereocenters. The standard InChI is InChI=1S/C18H27N3/c1-6-8-15-9-7-10-16(11-15)18(19-4)12-17-13(2)20-21(5)14(17)3/h7,9-11,18-19H,6,8,12H2,1-5H3. The van der Waals surface area contributed by atoms with E-state index in [1.54, 1.807) is 0 Å². The Morgan fingerprint density at radius 2 is 2.05 bits per heavy atom. The summed E-state index contributed by atoms with van der Waals surface area (Å²) in [6.45, 7) is 6.47. The summed E-state index contributed by atoms with van der Waals surface area (Å²) in [5, 5.41) is 7.99. The normalized spacial score (nSPS) is 12.6. The average Bonchev–Trinajstić information content (AvgIpc) is 2.71. The number of aryl methyl sites for hydroxylation is 3. The third-order valence-electron chi connectivity index (χ3n) is 4.31. The van der Waals surface area contributed by atoms with Gasteiger partial charge in [-0.2, -0.15) is 5.10 Å². The molecule has 0 saturated carbocycles. The second-order valence-electron chi connectivity index (χ2n) is 5.81. The number of likely N-dealkylation sites (N-methyl/N-ethyl adjacent to an activating group) is 1. The third kappa shape index (κ3) is 3.53. The predicted molar refractivity (Wildman–Crippen MR) is 88.6 cm³/mol. The molecule has 1 aromatic heterocycles. The number of nitrogens with one attached hydrogen (secondary N) is 1. The van der Waals surface area contributed by atoms with Crippen LogP contribution in [0.15, 0.2) is 24.3 Å². The second kappa shape index (κ2) is 6.90. The molecule has 21 heavy (non-hydrogen) atoms. The summed E-state index contributed by atoms with van der Waals surface area (Å²) >= 11 is 0. The minimum absolute atomic E-state index is 0.336. The Kier molecular flexibility index (Phi) is 5.18. The van der Waals surface area contributed by atoms with Gasteiger partial charge in [-0.25, -0.2) is 0 Å². The molecular formula is C18H27N3. The lowest BCUT2D eigenvalue weighted by atomic mass is 9.95. The Labute approximate surface area is 128 Å². The summed E-state index contributed by atoms with van der Waals surface area (Å²) < 4.78 is 1.98. The number of aromatic nitrogens is 2. The monoisotopic (exact) mass is 285 g/mol. The van der Waals surface area contributed by atoms with Crippen molar-refractivity contribution in [3.63, 3.8) is 0 Å². The molecule has 1 heterocycles. The van der Waals surface area contributed by atoms with Crippen molar-refractivity contribution in [3.05, 3.63) is 52.3 Å². The van der Waals surface area contributed by atoms with Crippen molar-refractivity contribution in [1.82, 2.24) is 15.1 Å². The van der Waals surface area contributed by atoms with Gasteiger partial charge in [0.2, 0.25) is 0 Å². The van der Waals surface area contributed by atoms with Crippen LogP contribution in [0.4, 0.5) is 0 Å². The summed E-state index contributed by atoms with van der Waals surface area (Å²) in [5.74, 6) is 0. The van der Waals surface area contributed by atoms with Gasteiger partial charge in [0, 0.05) is 18.8 Å². The van der Waals surface area contributed by atoms with E-state index in [1.165, 1.54) is 28.8 Å². The molecule has 0 saturated heterocycles. The van der Waals surface area contributed by atoms with E-state index in [4.69, 9.17) is 0 Å². The van der Waals surface area contributed by atoms with Gasteiger partial charge in [-0.05, 0) is 50.4 Å². The van der Waals surface area contributed by atoms with E-state index in [0.29, 0.717) is 6.04 Å². The minimum atomic E-state index is 0.336. The number of rotatable bonds is 6. The SMILES string of the molecule is CCCc1cccc(C(Cc2c(C)nn(C)c2C)NC)c1. The number of hydrogen-bond acceptors (Lipinski definition) is 2. The van der Waals surface area contributed by atoms with Crippen molar-refractivity contribution in [2.24, 2.45) is 7.05 Å². The first-order valence-corrected chi connectivity index (χ1v) is 7.82. The van der Waals surface area contributed by atoms with Crippen LogP contribution in [0, 0.1) is 13.8 Å². The molecule has 1 aromatic carbocycles. The Hall–Kier alpha value is -1.61. The lowest BCUT2D eigenvalue weighted by molar-refractivity contribution is 0.587. The minimum Gasteiger partial charge on any atom is -0.313 e. The van der Waals surface area contributed by atoms with Crippen LogP contribution >= 0.6 is 0 Å². The van der Waals surface area contributed by atoms with E-state index < -0.39 is 0 Å². The lowest BCUT2D eigenvalue weighted by Crippen LogP contribution is -2.19. The molecule has 1 unspecified atom stereocenters. The van der Waals surface area contributed by atoms with Crippen molar-refractivity contribution in [2.45, 2.75) is 46.1 Å². The predicted octanol–water partition coefficient (Wildman–Crippen LogP) is 3.49. The zero-order valence-corrected chi connectivity index (χ0v) is 13.9. The first-order chi connectivity index (χ1) is 10.1. The van der Waals surface area contributed by atoms with E-state index in [0.717, 1.165) is 18.5 Å². The molecule has 1 N–H and O–H groups in total. The van der Waals surface area contributed by atoms with Crippen LogP contribution in [0.3, 0.4) is 0 Å². The quantitative estimate of drug-likeness (QED) is 0.880. The fraction of sp³-hybridized carbons (Fsp3) is 0.500. The molecule has 2 aromatic rings. The van der Waals surface area contributed by atoms with Crippen molar-refractivity contribution in [1.29, 1.82) is 0 Å². The highest BCUT2D eigenvalue weighted by Gasteiger charge is 2.16. The van der Waals surface area contributed by atoms with Gasteiger partial charge in [0.1, 0.15) is 0 Å². The summed E-state index contributed by atoms with van der Waals surface area (Å²) in [4.78, 5) is 0. The molecule has 0 fully saturated rings. The van der Waals surface area contributed by atoms with Gasteiger partial charge in [-0.3, -0.25) is 4.68 Å². The van der Waals surface area contributed by atoms with Gasteiger partial charge >= 0.3 is 0 Å². The van der Waals surface area contributed by atoms with Crippen LogP contribution < -0.4 is 5.32 Å². The van der Waals surface area contributed by atoms with Crippen molar-refractivity contribution >= 4 is 0 Å². The molecular weight excluding hydrogens is 258 g/mol. The first-order valence-electron chi connectivity index (χ1n) is 7.82. The van der Waals surface area contributed by atoms with E-state index in [9.17, 15) is 0 Å². The van der Waals surface area contributed by atoms with Gasteiger partial charge in [0.25, 0.3) is 0 Å². The molecule has 0 aliphatic rings. The molecule has 0 bridgehead atoms. The Bertz CT molecular complexity index is 599. The van der Waals surface area contributed by atoms with Crippen LogP contribution in [0.25, 0.3) is 0 Å². The summed E-state index contributed by atoms with van der Waals surface area (Å²) in [6.07, 6.45) is 3.32. The Balaban J connectivity index is 2.25. The highest BCUT2D eigenvalue weighted by molar-refractivity contribution is 5.31. The van der Waals surface area contributed by atoms with E-state index in [-0.39, 0.29) is 0 Å². The third-order valence-corrected chi connectivity index (χ3v) is 4.31. The van der Waals surface area contributed by atoms with Gasteiger partial charge in [-0.1, -0.05) is 37.6 Å². The van der Waals surface area contributed by atoms with E-state index in [1.807, 2.05) is 18.8 Å². The zero-order valence-electron chi connectivity index (χ0n) is 13.9. The summed E-state index contributed by atoms with van der Waals surface area (Å²) in [7, 11) is 4.06. The number of hydrogen-bond donors (Lipinski definition) is 1. The van der Waals surface area contributed by atoms with Crippen LogP contribution in [0.1, 0.15) is 47.5 Å². The smallest absolute Gasteiger partial charge is 0.0629 e. The van der Waals surface area contributed by atoms with Crippen molar-refractivity contribution in [2.75, 3.05) is 7.05 Å². The van der Waals surface area contributed by atoms with Gasteiger partial charge < -0.3 is 5.32 Å². The number of benzene rings is 1. The molecule has 0 aliphatic heterocycles. The molecule has 2 rings (SSSR count). The first kappa shape index (κ1) is 15.8. The summed E-state index contributed by atoms with van der Waals surface area (Å²) in [5.41, 5.74) is 6.55. The molecule has 114 valence electrons. The molecule has 3 heteroatoms. The Morgan fingerprint density at radius 1 is 1.29 bits per heavy atom. The fourth-order valence-electron chi connectivity index (χ4n) is 2.96. The zero-order chi connectivity index (χ0) is 15.4. The van der Waals surface area contributed by atoms with Crippen molar-refractivity contribution in [3.8, 4) is 0 Å². The van der Waals surface area contributed by atoms with Crippen LogP contribution in [0.5, 0.6) is 0 Å². The lowest BCUT2D eigenvalue weighted by Gasteiger charge is -2.18. The molecule has 0 amide bonds. The Morgan fingerprint density at radius 3 is 2.62 bits per heavy atom. The van der Waals surface area contributed by atoms with Gasteiger partial charge in [-0.15, -0.1) is 0 Å². The van der Waals surface area contributed by atoms with E-state index in [2.05, 4.69) is 55.5 Å². The largest absolute Gasteiger partial charge is 0.313 e. The molecule has 0 radical (unpaired) electrons. The van der Waals surface area contributed by atoms with Crippen molar-refractivity contribution < 1.29 is 0 Å². The van der Waals surface area contributed by atoms with E-state index >= 15 is 0 Å². The maximum atomic E-state index is 4.53. The highest BCUT2D eigenvalue weighted by Crippen LogP contribution is 2.23. The summed E-state index contributed by atoms with van der Waals surface area (Å²) in [6, 6.07) is 9.30.